The molecular weight excluding hydrogens is 186 g/mol. The molecule has 0 unspecified atom stereocenters. The van der Waals surface area contributed by atoms with E-state index in [2.05, 4.69) is 17.4 Å². The molecule has 0 saturated heterocycles. The van der Waals surface area contributed by atoms with Gasteiger partial charge in [-0.05, 0) is 30.0 Å². The summed E-state index contributed by atoms with van der Waals surface area (Å²) >= 11 is 0. The van der Waals surface area contributed by atoms with Crippen molar-refractivity contribution < 1.29 is 4.79 Å². The molecule has 78 valence electrons. The average molecular weight is 201 g/mol. The van der Waals surface area contributed by atoms with Crippen molar-refractivity contribution in [1.82, 2.24) is 5.32 Å². The fourth-order valence-corrected chi connectivity index (χ4v) is 2.35. The Balaban J connectivity index is 1.88. The van der Waals surface area contributed by atoms with Gasteiger partial charge in [-0.15, -0.1) is 0 Å². The molecule has 3 rings (SSSR count). The summed E-state index contributed by atoms with van der Waals surface area (Å²) in [6.45, 7) is 1.87. The van der Waals surface area contributed by atoms with Crippen LogP contribution in [0.15, 0.2) is 18.2 Å². The number of rotatable bonds is 2. The second kappa shape index (κ2) is 3.46. The second-order valence-corrected chi connectivity index (χ2v) is 4.58. The maximum Gasteiger partial charge on any atom is 0.165 e. The van der Waals surface area contributed by atoms with Crippen molar-refractivity contribution in [2.24, 2.45) is 5.92 Å². The first-order valence-corrected chi connectivity index (χ1v) is 5.71. The summed E-state index contributed by atoms with van der Waals surface area (Å²) in [6, 6.07) is 6.17. The van der Waals surface area contributed by atoms with Gasteiger partial charge in [0, 0.05) is 24.6 Å². The molecule has 2 nitrogen and oxygen atoms in total. The molecule has 1 aliphatic heterocycles. The van der Waals surface area contributed by atoms with Crippen LogP contribution in [0.25, 0.3) is 0 Å². The van der Waals surface area contributed by atoms with Crippen LogP contribution in [-0.4, -0.2) is 5.78 Å². The topological polar surface area (TPSA) is 29.1 Å². The van der Waals surface area contributed by atoms with Crippen molar-refractivity contribution >= 4 is 5.78 Å². The third kappa shape index (κ3) is 1.49. The van der Waals surface area contributed by atoms with Crippen molar-refractivity contribution in [3.8, 4) is 0 Å². The number of hydrogen-bond acceptors (Lipinski definition) is 2. The molecule has 1 N–H and O–H groups in total. The van der Waals surface area contributed by atoms with Gasteiger partial charge >= 0.3 is 0 Å². The van der Waals surface area contributed by atoms with Gasteiger partial charge in [-0.3, -0.25) is 4.79 Å². The predicted octanol–water partition coefficient (Wildman–Crippen LogP) is 2.27. The first kappa shape index (κ1) is 9.10. The van der Waals surface area contributed by atoms with Crippen LogP contribution in [0.3, 0.4) is 0 Å². The van der Waals surface area contributed by atoms with Crippen LogP contribution in [0.2, 0.25) is 0 Å². The summed E-state index contributed by atoms with van der Waals surface area (Å²) in [7, 11) is 0. The van der Waals surface area contributed by atoms with Gasteiger partial charge in [0.15, 0.2) is 5.78 Å². The third-order valence-electron chi connectivity index (χ3n) is 3.60. The molecule has 2 aliphatic rings. The number of carbonyl (C=O) groups is 1. The molecule has 0 aromatic heterocycles. The van der Waals surface area contributed by atoms with Crippen LogP contribution in [0.4, 0.5) is 0 Å². The van der Waals surface area contributed by atoms with Crippen molar-refractivity contribution in [2.45, 2.75) is 32.4 Å². The highest BCUT2D eigenvalue weighted by Crippen LogP contribution is 2.30. The third-order valence-corrected chi connectivity index (χ3v) is 3.60. The Bertz CT molecular complexity index is 407. The molecule has 0 radical (unpaired) electrons. The Morgan fingerprint density at radius 2 is 2.00 bits per heavy atom. The average Bonchev–Trinajstić information content (AvgIpc) is 2.61. The van der Waals surface area contributed by atoms with Crippen LogP contribution in [-0.2, 0) is 13.1 Å². The van der Waals surface area contributed by atoms with Gasteiger partial charge < -0.3 is 5.32 Å². The van der Waals surface area contributed by atoms with Crippen molar-refractivity contribution in [3.63, 3.8) is 0 Å². The summed E-state index contributed by atoms with van der Waals surface area (Å²) < 4.78 is 0. The van der Waals surface area contributed by atoms with Crippen molar-refractivity contribution in [3.05, 3.63) is 34.9 Å². The molecule has 15 heavy (non-hydrogen) atoms. The van der Waals surface area contributed by atoms with E-state index in [1.807, 2.05) is 6.07 Å². The number of Topliss-reactive ketones (excluding diaryl/α,β-unsaturated/α-hetero) is 1. The van der Waals surface area contributed by atoms with Gasteiger partial charge in [0.1, 0.15) is 0 Å². The zero-order valence-electron chi connectivity index (χ0n) is 8.75. The quantitative estimate of drug-likeness (QED) is 0.744. The first-order valence-electron chi connectivity index (χ1n) is 5.71. The molecule has 1 aliphatic carbocycles. The standard InChI is InChI=1S/C13H15NO/c15-13(9-2-1-3-9)10-4-5-11-7-14-8-12(11)6-10/h4-6,9,14H,1-3,7-8H2. The predicted molar refractivity (Wildman–Crippen MR) is 58.7 cm³/mol. The molecule has 1 heterocycles. The van der Waals surface area contributed by atoms with Gasteiger partial charge in [0.25, 0.3) is 0 Å². The molecule has 0 spiro atoms. The molecule has 2 heteroatoms. The molecule has 1 aromatic carbocycles. The molecule has 1 saturated carbocycles. The summed E-state index contributed by atoms with van der Waals surface area (Å²) in [5.41, 5.74) is 3.57. The Kier molecular flexibility index (Phi) is 2.10. The van der Waals surface area contributed by atoms with Crippen molar-refractivity contribution in [2.75, 3.05) is 0 Å². The van der Waals surface area contributed by atoms with Gasteiger partial charge in [0.2, 0.25) is 0 Å². The van der Waals surface area contributed by atoms with Crippen LogP contribution < -0.4 is 5.32 Å². The normalized spacial score (nSPS) is 19.7. The number of carbonyl (C=O) groups excluding carboxylic acids is 1. The molecule has 1 aromatic rings. The number of ketones is 1. The van der Waals surface area contributed by atoms with Crippen LogP contribution in [0.5, 0.6) is 0 Å². The Morgan fingerprint density at radius 3 is 2.73 bits per heavy atom. The van der Waals surface area contributed by atoms with Gasteiger partial charge in [-0.2, -0.15) is 0 Å². The molecule has 0 atom stereocenters. The van der Waals surface area contributed by atoms with E-state index in [4.69, 9.17) is 0 Å². The lowest BCUT2D eigenvalue weighted by Gasteiger charge is -2.23. The number of hydrogen-bond donors (Lipinski definition) is 1. The Labute approximate surface area is 89.7 Å². The van der Waals surface area contributed by atoms with E-state index in [9.17, 15) is 4.79 Å². The number of benzene rings is 1. The summed E-state index contributed by atoms with van der Waals surface area (Å²) in [5, 5.41) is 3.30. The van der Waals surface area contributed by atoms with E-state index < -0.39 is 0 Å². The molecule has 0 bridgehead atoms. The minimum absolute atomic E-state index is 0.317. The summed E-state index contributed by atoms with van der Waals surface area (Å²) in [6.07, 6.45) is 3.41. The number of fused-ring (bicyclic) bond motifs is 1. The highest BCUT2D eigenvalue weighted by Gasteiger charge is 2.26. The largest absolute Gasteiger partial charge is 0.309 e. The maximum atomic E-state index is 12.0. The van der Waals surface area contributed by atoms with Crippen LogP contribution in [0, 0.1) is 5.92 Å². The molecule has 1 fully saturated rings. The maximum absolute atomic E-state index is 12.0. The van der Waals surface area contributed by atoms with E-state index in [1.54, 1.807) is 0 Å². The van der Waals surface area contributed by atoms with Crippen LogP contribution in [0.1, 0.15) is 40.7 Å². The lowest BCUT2D eigenvalue weighted by Crippen LogP contribution is -2.22. The highest BCUT2D eigenvalue weighted by molar-refractivity contribution is 5.98. The zero-order chi connectivity index (χ0) is 10.3. The molecular formula is C13H15NO. The van der Waals surface area contributed by atoms with Gasteiger partial charge in [-0.1, -0.05) is 18.6 Å². The van der Waals surface area contributed by atoms with E-state index in [-0.39, 0.29) is 0 Å². The van der Waals surface area contributed by atoms with E-state index in [0.717, 1.165) is 31.5 Å². The summed E-state index contributed by atoms with van der Waals surface area (Å²) in [5.74, 6) is 0.674. The SMILES string of the molecule is O=C(c1ccc2c(c1)CNC2)C1CCC1. The van der Waals surface area contributed by atoms with Crippen LogP contribution >= 0.6 is 0 Å². The lowest BCUT2D eigenvalue weighted by molar-refractivity contribution is 0.0855. The van der Waals surface area contributed by atoms with Crippen molar-refractivity contribution in [1.29, 1.82) is 0 Å². The lowest BCUT2D eigenvalue weighted by atomic mass is 9.79. The Morgan fingerprint density at radius 1 is 1.20 bits per heavy atom. The minimum atomic E-state index is 0.317. The van der Waals surface area contributed by atoms with E-state index in [1.165, 1.54) is 17.5 Å². The first-order chi connectivity index (χ1) is 7.34. The monoisotopic (exact) mass is 201 g/mol. The van der Waals surface area contributed by atoms with E-state index in [0.29, 0.717) is 11.7 Å². The minimum Gasteiger partial charge on any atom is -0.309 e. The fraction of sp³-hybridized carbons (Fsp3) is 0.462. The fourth-order valence-electron chi connectivity index (χ4n) is 2.35. The Hall–Kier alpha value is -1.15. The smallest absolute Gasteiger partial charge is 0.165 e. The number of nitrogens with one attached hydrogen (secondary N) is 1. The zero-order valence-corrected chi connectivity index (χ0v) is 8.75. The molecule has 0 amide bonds. The van der Waals surface area contributed by atoms with E-state index >= 15 is 0 Å². The van der Waals surface area contributed by atoms with Gasteiger partial charge in [0.05, 0.1) is 0 Å². The summed E-state index contributed by atoms with van der Waals surface area (Å²) in [4.78, 5) is 12.0. The second-order valence-electron chi connectivity index (χ2n) is 4.58. The van der Waals surface area contributed by atoms with Gasteiger partial charge in [-0.25, -0.2) is 0 Å². The highest BCUT2D eigenvalue weighted by atomic mass is 16.1.